The van der Waals surface area contributed by atoms with Crippen molar-refractivity contribution in [3.05, 3.63) is 48.5 Å². The van der Waals surface area contributed by atoms with Gasteiger partial charge >= 0.3 is 0 Å². The molecule has 0 aliphatic heterocycles. The zero-order chi connectivity index (χ0) is 12.1. The summed E-state index contributed by atoms with van der Waals surface area (Å²) in [4.78, 5) is 3.99. The molecule has 1 aromatic carbocycles. The first-order valence-electron chi connectivity index (χ1n) is 4.92. The fraction of sp³-hybridized carbons (Fsp3) is 0. The molecule has 0 unspecified atom stereocenters. The number of aromatic nitrogens is 2. The Labute approximate surface area is 104 Å². The Bertz CT molecular complexity index is 515. The van der Waals surface area contributed by atoms with Gasteiger partial charge in [0, 0.05) is 18.1 Å². The van der Waals surface area contributed by atoms with Gasteiger partial charge in [-0.25, -0.2) is 4.98 Å². The van der Waals surface area contributed by atoms with Gasteiger partial charge in [0.25, 0.3) is 0 Å². The average Bonchev–Trinajstić information content (AvgIpc) is 2.83. The molecule has 86 valence electrons. The van der Waals surface area contributed by atoms with E-state index in [0.29, 0.717) is 0 Å². The first-order valence-corrected chi connectivity index (χ1v) is 5.33. The number of thiocarbonyl (C=S) groups is 1. The molecular weight excluding hydrogens is 234 g/mol. The Morgan fingerprint density at radius 3 is 2.76 bits per heavy atom. The highest BCUT2D eigenvalue weighted by atomic mass is 32.1. The number of hydrogen-bond donors (Lipinski definition) is 2. The molecule has 17 heavy (non-hydrogen) atoms. The number of nitrogens with one attached hydrogen (secondary N) is 1. The van der Waals surface area contributed by atoms with E-state index in [1.54, 1.807) is 18.7 Å². The first kappa shape index (κ1) is 11.3. The maximum absolute atomic E-state index is 5.24. The summed E-state index contributed by atoms with van der Waals surface area (Å²) in [6, 6.07) is 7.84. The lowest BCUT2D eigenvalue weighted by Gasteiger charge is -2.01. The van der Waals surface area contributed by atoms with Crippen molar-refractivity contribution < 1.29 is 0 Å². The quantitative estimate of drug-likeness (QED) is 0.481. The van der Waals surface area contributed by atoms with Crippen LogP contribution in [0, 0.1) is 0 Å². The monoisotopic (exact) mass is 245 g/mol. The highest BCUT2D eigenvalue weighted by Crippen LogP contribution is 2.07. The maximum Gasteiger partial charge on any atom is 0.184 e. The van der Waals surface area contributed by atoms with Gasteiger partial charge < -0.3 is 10.3 Å². The molecule has 0 fully saturated rings. The molecule has 5 nitrogen and oxygen atoms in total. The number of imidazole rings is 1. The largest absolute Gasteiger partial charge is 0.375 e. The second kappa shape index (κ2) is 5.22. The summed E-state index contributed by atoms with van der Waals surface area (Å²) in [5, 5.41) is 4.02. The van der Waals surface area contributed by atoms with Crippen molar-refractivity contribution in [3.8, 4) is 5.69 Å². The average molecular weight is 245 g/mol. The van der Waals surface area contributed by atoms with Crippen molar-refractivity contribution in [2.24, 2.45) is 10.8 Å². The van der Waals surface area contributed by atoms with Crippen LogP contribution in [0.25, 0.3) is 5.69 Å². The van der Waals surface area contributed by atoms with E-state index >= 15 is 0 Å². The summed E-state index contributed by atoms with van der Waals surface area (Å²) >= 11 is 4.63. The van der Waals surface area contributed by atoms with Crippen LogP contribution in [0.1, 0.15) is 5.56 Å². The summed E-state index contributed by atoms with van der Waals surface area (Å²) < 4.78 is 1.92. The minimum Gasteiger partial charge on any atom is -0.375 e. The lowest BCUT2D eigenvalue weighted by molar-refractivity contribution is 1.04. The van der Waals surface area contributed by atoms with E-state index in [1.807, 2.05) is 35.0 Å². The topological polar surface area (TPSA) is 68.2 Å². The van der Waals surface area contributed by atoms with E-state index in [2.05, 4.69) is 27.7 Å². The minimum atomic E-state index is 0.149. The number of rotatable bonds is 3. The third-order valence-electron chi connectivity index (χ3n) is 2.08. The van der Waals surface area contributed by atoms with Gasteiger partial charge in [0.05, 0.1) is 12.5 Å². The Morgan fingerprint density at radius 1 is 1.41 bits per heavy atom. The van der Waals surface area contributed by atoms with Crippen LogP contribution in [-0.2, 0) is 0 Å². The third kappa shape index (κ3) is 3.12. The van der Waals surface area contributed by atoms with Crippen LogP contribution < -0.4 is 11.2 Å². The summed E-state index contributed by atoms with van der Waals surface area (Å²) in [6.45, 7) is 0. The molecule has 0 bridgehead atoms. The van der Waals surface area contributed by atoms with E-state index in [4.69, 9.17) is 5.73 Å². The SMILES string of the molecule is NC(=S)N/N=C\c1ccc(-n2ccnc2)cc1. The van der Waals surface area contributed by atoms with Crippen LogP contribution in [0.15, 0.2) is 48.1 Å². The van der Waals surface area contributed by atoms with Gasteiger partial charge in [-0.15, -0.1) is 0 Å². The van der Waals surface area contributed by atoms with Gasteiger partial charge in [-0.3, -0.25) is 5.43 Å². The number of benzene rings is 1. The van der Waals surface area contributed by atoms with Gasteiger partial charge in [0.15, 0.2) is 5.11 Å². The van der Waals surface area contributed by atoms with Crippen molar-refractivity contribution in [2.45, 2.75) is 0 Å². The molecular formula is C11H11N5S. The number of hydrazone groups is 1. The Kier molecular flexibility index (Phi) is 3.46. The maximum atomic E-state index is 5.24. The van der Waals surface area contributed by atoms with Crippen LogP contribution in [-0.4, -0.2) is 20.9 Å². The third-order valence-corrected chi connectivity index (χ3v) is 2.18. The highest BCUT2D eigenvalue weighted by Gasteiger charge is 1.94. The standard InChI is InChI=1S/C11H11N5S/c12-11(17)15-14-7-9-1-3-10(4-2-9)16-6-5-13-8-16/h1-8H,(H3,12,15,17)/b14-7-. The molecule has 3 N–H and O–H groups in total. The first-order chi connectivity index (χ1) is 8.25. The van der Waals surface area contributed by atoms with E-state index in [0.717, 1.165) is 11.3 Å². The normalized spacial score (nSPS) is 10.6. The van der Waals surface area contributed by atoms with Crippen molar-refractivity contribution >= 4 is 23.5 Å². The van der Waals surface area contributed by atoms with Crippen molar-refractivity contribution in [2.75, 3.05) is 0 Å². The summed E-state index contributed by atoms with van der Waals surface area (Å²) in [5.74, 6) is 0. The fourth-order valence-corrected chi connectivity index (χ4v) is 1.37. The van der Waals surface area contributed by atoms with Crippen LogP contribution in [0.4, 0.5) is 0 Å². The molecule has 0 spiro atoms. The van der Waals surface area contributed by atoms with Crippen molar-refractivity contribution in [3.63, 3.8) is 0 Å². The number of nitrogens with two attached hydrogens (primary N) is 1. The van der Waals surface area contributed by atoms with Crippen LogP contribution in [0.2, 0.25) is 0 Å². The molecule has 1 aromatic heterocycles. The molecule has 2 aromatic rings. The van der Waals surface area contributed by atoms with Gasteiger partial charge in [-0.2, -0.15) is 5.10 Å². The van der Waals surface area contributed by atoms with Gasteiger partial charge in [-0.1, -0.05) is 12.1 Å². The molecule has 0 aliphatic rings. The molecule has 0 atom stereocenters. The zero-order valence-corrected chi connectivity index (χ0v) is 9.76. The molecule has 0 aliphatic carbocycles. The summed E-state index contributed by atoms with van der Waals surface area (Å²) in [5.41, 5.74) is 9.74. The van der Waals surface area contributed by atoms with Crippen molar-refractivity contribution in [1.82, 2.24) is 15.0 Å². The van der Waals surface area contributed by atoms with Gasteiger partial charge in [-0.05, 0) is 29.9 Å². The molecule has 1 heterocycles. The molecule has 0 radical (unpaired) electrons. The smallest absolute Gasteiger partial charge is 0.184 e. The predicted molar refractivity (Wildman–Crippen MR) is 71.1 cm³/mol. The predicted octanol–water partition coefficient (Wildman–Crippen LogP) is 1.04. The minimum absolute atomic E-state index is 0.149. The molecule has 0 amide bonds. The summed E-state index contributed by atoms with van der Waals surface area (Å²) in [6.07, 6.45) is 7.02. The van der Waals surface area contributed by atoms with E-state index in [9.17, 15) is 0 Å². The second-order valence-electron chi connectivity index (χ2n) is 3.30. The lowest BCUT2D eigenvalue weighted by Crippen LogP contribution is -2.23. The fourth-order valence-electron chi connectivity index (χ4n) is 1.31. The van der Waals surface area contributed by atoms with Crippen LogP contribution >= 0.6 is 12.2 Å². The zero-order valence-electron chi connectivity index (χ0n) is 8.95. The van der Waals surface area contributed by atoms with E-state index in [1.165, 1.54) is 0 Å². The molecule has 0 saturated carbocycles. The Balaban J connectivity index is 2.08. The summed E-state index contributed by atoms with van der Waals surface area (Å²) in [7, 11) is 0. The van der Waals surface area contributed by atoms with Gasteiger partial charge in [0.2, 0.25) is 0 Å². The Morgan fingerprint density at radius 2 is 2.18 bits per heavy atom. The number of hydrogen-bond acceptors (Lipinski definition) is 3. The van der Waals surface area contributed by atoms with E-state index < -0.39 is 0 Å². The molecule has 0 saturated heterocycles. The number of nitrogens with zero attached hydrogens (tertiary/aromatic N) is 3. The molecule has 2 rings (SSSR count). The molecule has 6 heteroatoms. The second-order valence-corrected chi connectivity index (χ2v) is 3.74. The van der Waals surface area contributed by atoms with Crippen molar-refractivity contribution in [1.29, 1.82) is 0 Å². The van der Waals surface area contributed by atoms with E-state index in [-0.39, 0.29) is 5.11 Å². The highest BCUT2D eigenvalue weighted by molar-refractivity contribution is 7.80. The van der Waals surface area contributed by atoms with Crippen LogP contribution in [0.3, 0.4) is 0 Å². The van der Waals surface area contributed by atoms with Gasteiger partial charge in [0.1, 0.15) is 0 Å². The van der Waals surface area contributed by atoms with Crippen LogP contribution in [0.5, 0.6) is 0 Å². The Hall–Kier alpha value is -2.21. The lowest BCUT2D eigenvalue weighted by atomic mass is 10.2.